The van der Waals surface area contributed by atoms with E-state index in [-0.39, 0.29) is 30.0 Å². The lowest BCUT2D eigenvalue weighted by molar-refractivity contribution is -0.143. The van der Waals surface area contributed by atoms with E-state index in [1.54, 1.807) is 18.2 Å². The molecule has 1 heterocycles. The summed E-state index contributed by atoms with van der Waals surface area (Å²) in [5.74, 6) is -0.418. The minimum atomic E-state index is -0.707. The largest absolute Gasteiger partial charge is 0.493 e. The molecule has 2 rings (SSSR count). The molecule has 28 heavy (non-hydrogen) atoms. The average molecular weight is 408 g/mol. The van der Waals surface area contributed by atoms with Crippen molar-refractivity contribution in [1.29, 1.82) is 0 Å². The molecular weight excluding hydrogens is 388 g/mol. The van der Waals surface area contributed by atoms with Crippen molar-refractivity contribution in [3.05, 3.63) is 29.8 Å². The molecular formula is C18H20N2O7S. The Morgan fingerprint density at radius 3 is 2.68 bits per heavy atom. The number of methoxy groups -OCH3 is 2. The topological polar surface area (TPSA) is 111 Å². The van der Waals surface area contributed by atoms with Crippen molar-refractivity contribution < 1.29 is 33.4 Å². The Labute approximate surface area is 166 Å². The van der Waals surface area contributed by atoms with Crippen LogP contribution in [0.5, 0.6) is 11.5 Å². The number of para-hydroxylation sites is 1. The highest BCUT2D eigenvalue weighted by molar-refractivity contribution is 8.14. The second-order valence-electron chi connectivity index (χ2n) is 5.47. The number of carbonyl (C=O) groups is 4. The first kappa shape index (κ1) is 21.3. The number of benzene rings is 1. The van der Waals surface area contributed by atoms with Gasteiger partial charge in [0.25, 0.3) is 11.1 Å². The number of nitrogens with one attached hydrogen (secondary N) is 1. The zero-order chi connectivity index (χ0) is 20.5. The van der Waals surface area contributed by atoms with E-state index < -0.39 is 18.5 Å². The fourth-order valence-corrected chi connectivity index (χ4v) is 3.09. The summed E-state index contributed by atoms with van der Waals surface area (Å²) in [5.41, 5.74) is 0.612. The van der Waals surface area contributed by atoms with Gasteiger partial charge in [-0.25, -0.2) is 4.79 Å². The molecule has 9 nitrogen and oxygen atoms in total. The van der Waals surface area contributed by atoms with Crippen molar-refractivity contribution in [2.24, 2.45) is 0 Å². The van der Waals surface area contributed by atoms with Gasteiger partial charge in [0.05, 0.1) is 20.0 Å². The highest BCUT2D eigenvalue weighted by Gasteiger charge is 2.29. The fraction of sp³-hybridized carbons (Fsp3) is 0.333. The molecule has 1 fully saturated rings. The predicted octanol–water partition coefficient (Wildman–Crippen LogP) is 1.07. The van der Waals surface area contributed by atoms with E-state index >= 15 is 0 Å². The van der Waals surface area contributed by atoms with Crippen molar-refractivity contribution in [2.45, 2.75) is 0 Å². The van der Waals surface area contributed by atoms with Crippen LogP contribution in [0.15, 0.2) is 24.3 Å². The van der Waals surface area contributed by atoms with Crippen molar-refractivity contribution >= 4 is 40.9 Å². The maximum Gasteiger partial charge on any atom is 0.331 e. The molecule has 0 bridgehead atoms. The lowest BCUT2D eigenvalue weighted by Gasteiger charge is -2.13. The number of rotatable bonds is 9. The summed E-state index contributed by atoms with van der Waals surface area (Å²) in [6, 6.07) is 5.20. The summed E-state index contributed by atoms with van der Waals surface area (Å²) in [7, 11) is 2.99. The second kappa shape index (κ2) is 10.4. The average Bonchev–Trinajstić information content (AvgIpc) is 3.02. The smallest absolute Gasteiger partial charge is 0.331 e. The molecule has 0 aromatic heterocycles. The standard InChI is InChI=1S/C18H20N2O7S/c1-25-13-5-3-4-12(17(13)26-2)6-7-16(23)27-10-14(21)19-8-9-20-15(22)11-28-18(20)24/h3-7H,8-11H2,1-2H3,(H,19,21)/b7-6+. The SMILES string of the molecule is COc1cccc(/C=C/C(=O)OCC(=O)NCCN2C(=O)CSC2=O)c1OC. The van der Waals surface area contributed by atoms with Crippen molar-refractivity contribution in [3.63, 3.8) is 0 Å². The maximum absolute atomic E-state index is 11.8. The fourth-order valence-electron chi connectivity index (χ4n) is 2.34. The number of nitrogens with zero attached hydrogens (tertiary/aromatic N) is 1. The number of amides is 3. The molecule has 10 heteroatoms. The van der Waals surface area contributed by atoms with Crippen LogP contribution in [0.2, 0.25) is 0 Å². The Morgan fingerprint density at radius 1 is 1.25 bits per heavy atom. The van der Waals surface area contributed by atoms with Gasteiger partial charge in [-0.3, -0.25) is 19.3 Å². The lowest BCUT2D eigenvalue weighted by atomic mass is 10.1. The summed E-state index contributed by atoms with van der Waals surface area (Å²) >= 11 is 0.926. The lowest BCUT2D eigenvalue weighted by Crippen LogP contribution is -2.38. The molecule has 1 aromatic rings. The maximum atomic E-state index is 11.8. The van der Waals surface area contributed by atoms with E-state index in [9.17, 15) is 19.2 Å². The summed E-state index contributed by atoms with van der Waals surface area (Å²) in [6.07, 6.45) is 2.66. The van der Waals surface area contributed by atoms with Crippen molar-refractivity contribution in [1.82, 2.24) is 10.2 Å². The van der Waals surface area contributed by atoms with E-state index in [1.807, 2.05) is 0 Å². The Bertz CT molecular complexity index is 778. The van der Waals surface area contributed by atoms with E-state index in [0.29, 0.717) is 17.1 Å². The summed E-state index contributed by atoms with van der Waals surface area (Å²) in [6.45, 7) is -0.305. The molecule has 1 aromatic carbocycles. The summed E-state index contributed by atoms with van der Waals surface area (Å²) in [4.78, 5) is 47.4. The normalized spacial score (nSPS) is 13.7. The molecule has 0 saturated carbocycles. The number of hydrogen-bond donors (Lipinski definition) is 1. The monoisotopic (exact) mass is 408 g/mol. The van der Waals surface area contributed by atoms with Gasteiger partial charge in [-0.05, 0) is 12.1 Å². The van der Waals surface area contributed by atoms with Crippen LogP contribution in [0.3, 0.4) is 0 Å². The van der Waals surface area contributed by atoms with Gasteiger partial charge in [-0.1, -0.05) is 23.9 Å². The van der Waals surface area contributed by atoms with Gasteiger partial charge in [0, 0.05) is 24.7 Å². The number of imide groups is 1. The van der Waals surface area contributed by atoms with Crippen LogP contribution in [-0.2, 0) is 19.1 Å². The molecule has 0 spiro atoms. The molecule has 1 saturated heterocycles. The highest BCUT2D eigenvalue weighted by atomic mass is 32.2. The first-order valence-electron chi connectivity index (χ1n) is 8.26. The number of ether oxygens (including phenoxy) is 3. The molecule has 1 N–H and O–H groups in total. The highest BCUT2D eigenvalue weighted by Crippen LogP contribution is 2.31. The number of hydrogen-bond acceptors (Lipinski definition) is 8. The van der Waals surface area contributed by atoms with E-state index in [1.165, 1.54) is 26.4 Å². The van der Waals surface area contributed by atoms with E-state index in [0.717, 1.165) is 16.7 Å². The summed E-state index contributed by atoms with van der Waals surface area (Å²) in [5, 5.41) is 2.15. The minimum Gasteiger partial charge on any atom is -0.493 e. The zero-order valence-electron chi connectivity index (χ0n) is 15.4. The molecule has 0 atom stereocenters. The van der Waals surface area contributed by atoms with Gasteiger partial charge in [-0.2, -0.15) is 0 Å². The van der Waals surface area contributed by atoms with Crippen LogP contribution in [0, 0.1) is 0 Å². The van der Waals surface area contributed by atoms with Crippen LogP contribution in [-0.4, -0.2) is 67.6 Å². The van der Waals surface area contributed by atoms with Gasteiger partial charge in [0.2, 0.25) is 5.91 Å². The first-order chi connectivity index (χ1) is 13.5. The molecule has 0 unspecified atom stereocenters. The van der Waals surface area contributed by atoms with E-state index in [4.69, 9.17) is 14.2 Å². The number of esters is 1. The second-order valence-corrected chi connectivity index (χ2v) is 6.40. The number of thioether (sulfide) groups is 1. The van der Waals surface area contributed by atoms with Gasteiger partial charge >= 0.3 is 5.97 Å². The van der Waals surface area contributed by atoms with Crippen LogP contribution in [0.1, 0.15) is 5.56 Å². The molecule has 0 radical (unpaired) electrons. The zero-order valence-corrected chi connectivity index (χ0v) is 16.2. The van der Waals surface area contributed by atoms with Crippen LogP contribution < -0.4 is 14.8 Å². The predicted molar refractivity (Wildman–Crippen MR) is 102 cm³/mol. The number of carbonyl (C=O) groups excluding carboxylic acids is 4. The Kier molecular flexibility index (Phi) is 7.88. The van der Waals surface area contributed by atoms with Gasteiger partial charge in [-0.15, -0.1) is 0 Å². The third-order valence-electron chi connectivity index (χ3n) is 3.68. The van der Waals surface area contributed by atoms with Crippen molar-refractivity contribution in [3.8, 4) is 11.5 Å². The molecule has 1 aliphatic heterocycles. The van der Waals surface area contributed by atoms with Gasteiger partial charge in [0.1, 0.15) is 0 Å². The molecule has 1 aliphatic rings. The summed E-state index contributed by atoms with van der Waals surface area (Å²) < 4.78 is 15.3. The van der Waals surface area contributed by atoms with E-state index in [2.05, 4.69) is 5.32 Å². The molecule has 150 valence electrons. The Morgan fingerprint density at radius 2 is 2.04 bits per heavy atom. The van der Waals surface area contributed by atoms with Crippen LogP contribution in [0.4, 0.5) is 4.79 Å². The van der Waals surface area contributed by atoms with Crippen LogP contribution in [0.25, 0.3) is 6.08 Å². The quantitative estimate of drug-likeness (QED) is 0.477. The van der Waals surface area contributed by atoms with Gasteiger partial charge < -0.3 is 19.5 Å². The third kappa shape index (κ3) is 5.74. The van der Waals surface area contributed by atoms with Gasteiger partial charge in [0.15, 0.2) is 18.1 Å². The Hall–Kier alpha value is -3.01. The molecule has 3 amide bonds. The first-order valence-corrected chi connectivity index (χ1v) is 9.24. The molecule has 0 aliphatic carbocycles. The third-order valence-corrected chi connectivity index (χ3v) is 4.53. The van der Waals surface area contributed by atoms with Crippen molar-refractivity contribution in [2.75, 3.05) is 39.7 Å². The van der Waals surface area contributed by atoms with Crippen LogP contribution >= 0.6 is 11.8 Å². The Balaban J connectivity index is 1.76. The minimum absolute atomic E-state index is 0.0832.